The van der Waals surface area contributed by atoms with Gasteiger partial charge in [0.1, 0.15) is 6.04 Å². The first kappa shape index (κ1) is 12.7. The van der Waals surface area contributed by atoms with Crippen molar-refractivity contribution in [3.05, 3.63) is 12.7 Å². The number of hydrogen-bond donors (Lipinski definition) is 2. The maximum Gasteiger partial charge on any atom is 0.240 e. The summed E-state index contributed by atoms with van der Waals surface area (Å²) >= 11 is 0. The summed E-state index contributed by atoms with van der Waals surface area (Å²) in [6.07, 6.45) is 7.23. The molecule has 0 saturated heterocycles. The highest BCUT2D eigenvalue weighted by atomic mass is 16.2. The van der Waals surface area contributed by atoms with Gasteiger partial charge in [-0.25, -0.2) is 0 Å². The fourth-order valence-corrected chi connectivity index (χ4v) is 2.07. The molecule has 0 aromatic carbocycles. The van der Waals surface area contributed by atoms with Crippen molar-refractivity contribution in [1.29, 1.82) is 0 Å². The number of amides is 2. The summed E-state index contributed by atoms with van der Waals surface area (Å²) in [5.41, 5.74) is 5.20. The minimum Gasteiger partial charge on any atom is -0.368 e. The highest BCUT2D eigenvalue weighted by molar-refractivity contribution is 5.87. The number of nitrogens with two attached hydrogens (primary N) is 1. The fraction of sp³-hybridized carbons (Fsp3) is 0.667. The van der Waals surface area contributed by atoms with Gasteiger partial charge >= 0.3 is 0 Å². The van der Waals surface area contributed by atoms with Gasteiger partial charge in [-0.2, -0.15) is 0 Å². The Morgan fingerprint density at radius 1 is 1.38 bits per heavy atom. The third-order valence-electron chi connectivity index (χ3n) is 3.04. The van der Waals surface area contributed by atoms with Crippen LogP contribution in [-0.4, -0.2) is 17.9 Å². The molecule has 4 nitrogen and oxygen atoms in total. The zero-order chi connectivity index (χ0) is 12.0. The van der Waals surface area contributed by atoms with Crippen LogP contribution in [-0.2, 0) is 9.59 Å². The minimum absolute atomic E-state index is 0.0367. The van der Waals surface area contributed by atoms with Crippen LogP contribution in [0.2, 0.25) is 0 Å². The SMILES string of the molecule is C=CC[C@@H](NC(=O)C1CCCCC1)C(N)=O. The Morgan fingerprint density at radius 3 is 2.50 bits per heavy atom. The van der Waals surface area contributed by atoms with Gasteiger partial charge in [0, 0.05) is 5.92 Å². The second-order valence-electron chi connectivity index (χ2n) is 4.32. The monoisotopic (exact) mass is 224 g/mol. The van der Waals surface area contributed by atoms with Crippen LogP contribution in [0.1, 0.15) is 38.5 Å². The Balaban J connectivity index is 2.46. The van der Waals surface area contributed by atoms with Crippen LogP contribution >= 0.6 is 0 Å². The summed E-state index contributed by atoms with van der Waals surface area (Å²) < 4.78 is 0. The molecule has 2 amide bonds. The molecule has 1 atom stereocenters. The third-order valence-corrected chi connectivity index (χ3v) is 3.04. The van der Waals surface area contributed by atoms with Gasteiger partial charge in [-0.15, -0.1) is 6.58 Å². The number of rotatable bonds is 5. The van der Waals surface area contributed by atoms with E-state index in [9.17, 15) is 9.59 Å². The fourth-order valence-electron chi connectivity index (χ4n) is 2.07. The Hall–Kier alpha value is -1.32. The van der Waals surface area contributed by atoms with Gasteiger partial charge in [-0.3, -0.25) is 9.59 Å². The quantitative estimate of drug-likeness (QED) is 0.687. The molecule has 90 valence electrons. The average Bonchev–Trinajstić information content (AvgIpc) is 2.29. The second kappa shape index (κ2) is 6.30. The average molecular weight is 224 g/mol. The molecule has 1 rings (SSSR count). The van der Waals surface area contributed by atoms with Gasteiger partial charge in [0.2, 0.25) is 11.8 Å². The van der Waals surface area contributed by atoms with Crippen LogP contribution in [0.15, 0.2) is 12.7 Å². The minimum atomic E-state index is -0.605. The summed E-state index contributed by atoms with van der Waals surface area (Å²) in [5.74, 6) is -0.477. The molecule has 0 bridgehead atoms. The maximum absolute atomic E-state index is 11.8. The lowest BCUT2D eigenvalue weighted by molar-refractivity contribution is -0.130. The van der Waals surface area contributed by atoms with Crippen LogP contribution in [0.5, 0.6) is 0 Å². The van der Waals surface area contributed by atoms with E-state index in [-0.39, 0.29) is 11.8 Å². The van der Waals surface area contributed by atoms with E-state index in [0.29, 0.717) is 6.42 Å². The molecular weight excluding hydrogens is 204 g/mol. The van der Waals surface area contributed by atoms with Crippen LogP contribution in [0.3, 0.4) is 0 Å². The lowest BCUT2D eigenvalue weighted by Gasteiger charge is -2.23. The first-order chi connectivity index (χ1) is 7.65. The first-order valence-electron chi connectivity index (χ1n) is 5.85. The molecule has 0 aromatic rings. The van der Waals surface area contributed by atoms with Gasteiger partial charge < -0.3 is 11.1 Å². The molecule has 0 aliphatic heterocycles. The summed E-state index contributed by atoms with van der Waals surface area (Å²) in [4.78, 5) is 22.9. The topological polar surface area (TPSA) is 72.2 Å². The molecule has 0 aromatic heterocycles. The predicted octanol–water partition coefficient (Wildman–Crippen LogP) is 1.11. The van der Waals surface area contributed by atoms with Crippen LogP contribution in [0, 0.1) is 5.92 Å². The standard InChI is InChI=1S/C12H20N2O2/c1-2-6-10(11(13)15)14-12(16)9-7-4-3-5-8-9/h2,9-10H,1,3-8H2,(H2,13,15)(H,14,16)/t10-/m1/s1. The lowest BCUT2D eigenvalue weighted by Crippen LogP contribution is -2.46. The molecule has 0 radical (unpaired) electrons. The normalized spacial score (nSPS) is 18.8. The first-order valence-corrected chi connectivity index (χ1v) is 5.85. The highest BCUT2D eigenvalue weighted by Crippen LogP contribution is 2.23. The molecular formula is C12H20N2O2. The van der Waals surface area contributed by atoms with E-state index in [1.165, 1.54) is 6.42 Å². The molecule has 0 spiro atoms. The zero-order valence-electron chi connectivity index (χ0n) is 9.58. The van der Waals surface area contributed by atoms with E-state index in [0.717, 1.165) is 25.7 Å². The molecule has 0 heterocycles. The van der Waals surface area contributed by atoms with Crippen molar-refractivity contribution in [1.82, 2.24) is 5.32 Å². The highest BCUT2D eigenvalue weighted by Gasteiger charge is 2.24. The molecule has 1 fully saturated rings. The van der Waals surface area contributed by atoms with E-state index in [2.05, 4.69) is 11.9 Å². The van der Waals surface area contributed by atoms with Crippen molar-refractivity contribution in [2.75, 3.05) is 0 Å². The maximum atomic E-state index is 11.8. The van der Waals surface area contributed by atoms with Gasteiger partial charge in [0.05, 0.1) is 0 Å². The molecule has 0 unspecified atom stereocenters. The summed E-state index contributed by atoms with van der Waals surface area (Å²) in [5, 5.41) is 2.70. The van der Waals surface area contributed by atoms with E-state index < -0.39 is 11.9 Å². The van der Waals surface area contributed by atoms with Crippen molar-refractivity contribution in [3.8, 4) is 0 Å². The molecule has 3 N–H and O–H groups in total. The summed E-state index contributed by atoms with van der Waals surface area (Å²) in [6.45, 7) is 3.54. The van der Waals surface area contributed by atoms with E-state index in [1.807, 2.05) is 0 Å². The van der Waals surface area contributed by atoms with Gasteiger partial charge in [0.15, 0.2) is 0 Å². The lowest BCUT2D eigenvalue weighted by atomic mass is 9.88. The number of hydrogen-bond acceptors (Lipinski definition) is 2. The zero-order valence-corrected chi connectivity index (χ0v) is 9.58. The van der Waals surface area contributed by atoms with Crippen molar-refractivity contribution < 1.29 is 9.59 Å². The van der Waals surface area contributed by atoms with Gasteiger partial charge in [-0.1, -0.05) is 25.3 Å². The van der Waals surface area contributed by atoms with Crippen LogP contribution in [0.4, 0.5) is 0 Å². The predicted molar refractivity (Wildman–Crippen MR) is 62.5 cm³/mol. The molecule has 1 aliphatic rings. The van der Waals surface area contributed by atoms with Crippen molar-refractivity contribution in [2.24, 2.45) is 11.7 Å². The molecule has 4 heteroatoms. The molecule has 16 heavy (non-hydrogen) atoms. The number of nitrogens with one attached hydrogen (secondary N) is 1. The summed E-state index contributed by atoms with van der Waals surface area (Å²) in [7, 11) is 0. The van der Waals surface area contributed by atoms with E-state index in [1.54, 1.807) is 6.08 Å². The Bertz CT molecular complexity index is 270. The third kappa shape index (κ3) is 3.68. The van der Waals surface area contributed by atoms with E-state index in [4.69, 9.17) is 5.73 Å². The summed E-state index contributed by atoms with van der Waals surface area (Å²) in [6, 6.07) is -0.605. The van der Waals surface area contributed by atoms with E-state index >= 15 is 0 Å². The van der Waals surface area contributed by atoms with Gasteiger partial charge in [-0.05, 0) is 19.3 Å². The smallest absolute Gasteiger partial charge is 0.240 e. The van der Waals surface area contributed by atoms with Crippen LogP contribution in [0.25, 0.3) is 0 Å². The Labute approximate surface area is 96.3 Å². The molecule has 1 saturated carbocycles. The largest absolute Gasteiger partial charge is 0.368 e. The number of carbonyl (C=O) groups excluding carboxylic acids is 2. The van der Waals surface area contributed by atoms with Crippen LogP contribution < -0.4 is 11.1 Å². The van der Waals surface area contributed by atoms with Crippen molar-refractivity contribution in [2.45, 2.75) is 44.6 Å². The van der Waals surface area contributed by atoms with Crippen molar-refractivity contribution >= 4 is 11.8 Å². The second-order valence-corrected chi connectivity index (χ2v) is 4.32. The van der Waals surface area contributed by atoms with Gasteiger partial charge in [0.25, 0.3) is 0 Å². The number of carbonyl (C=O) groups is 2. The number of primary amides is 1. The molecule has 1 aliphatic carbocycles. The van der Waals surface area contributed by atoms with Crippen molar-refractivity contribution in [3.63, 3.8) is 0 Å². The Morgan fingerprint density at radius 2 is 2.00 bits per heavy atom. The Kier molecular flexibility index (Phi) is 5.02.